The summed E-state index contributed by atoms with van der Waals surface area (Å²) in [5.41, 5.74) is 8.76. The summed E-state index contributed by atoms with van der Waals surface area (Å²) in [7, 11) is 1.99. The van der Waals surface area contributed by atoms with Crippen molar-refractivity contribution >= 4 is 22.6 Å². The molecule has 0 spiro atoms. The Morgan fingerprint density at radius 2 is 2.00 bits per heavy atom. The summed E-state index contributed by atoms with van der Waals surface area (Å²) >= 11 is 6.02. The van der Waals surface area contributed by atoms with Crippen molar-refractivity contribution < 1.29 is 0 Å². The highest BCUT2D eigenvalue weighted by Crippen LogP contribution is 2.27. The van der Waals surface area contributed by atoms with Crippen LogP contribution in [-0.4, -0.2) is 9.55 Å². The number of halogens is 1. The third-order valence-electron chi connectivity index (χ3n) is 2.70. The van der Waals surface area contributed by atoms with E-state index in [-0.39, 0.29) is 0 Å². The van der Waals surface area contributed by atoms with E-state index in [9.17, 15) is 0 Å². The van der Waals surface area contributed by atoms with Gasteiger partial charge in [-0.3, -0.25) is 0 Å². The quantitative estimate of drug-likeness (QED) is 0.829. The van der Waals surface area contributed by atoms with Crippen molar-refractivity contribution in [1.82, 2.24) is 9.55 Å². The molecule has 0 unspecified atom stereocenters. The fourth-order valence-corrected chi connectivity index (χ4v) is 2.38. The fraction of sp³-hybridized carbons (Fsp3) is 0.417. The number of fused-ring (bicyclic) bond motifs is 1. The van der Waals surface area contributed by atoms with Crippen LogP contribution in [0.25, 0.3) is 11.0 Å². The smallest absolute Gasteiger partial charge is 0.129 e. The number of imidazole rings is 1. The van der Waals surface area contributed by atoms with Gasteiger partial charge in [0.2, 0.25) is 0 Å². The van der Waals surface area contributed by atoms with E-state index >= 15 is 0 Å². The van der Waals surface area contributed by atoms with Gasteiger partial charge in [0.1, 0.15) is 5.82 Å². The molecule has 4 heteroatoms. The average molecular weight is 238 g/mol. The lowest BCUT2D eigenvalue weighted by atomic mass is 10.1. The van der Waals surface area contributed by atoms with Crippen LogP contribution in [0.2, 0.25) is 5.02 Å². The predicted molar refractivity (Wildman–Crippen MR) is 67.7 cm³/mol. The molecule has 0 aliphatic rings. The molecule has 0 saturated carbocycles. The number of benzene rings is 1. The molecule has 0 amide bonds. The van der Waals surface area contributed by atoms with E-state index in [2.05, 4.69) is 4.98 Å². The number of hydrogen-bond acceptors (Lipinski definition) is 2. The van der Waals surface area contributed by atoms with Gasteiger partial charge in [0, 0.05) is 12.1 Å². The average Bonchev–Trinajstić information content (AvgIpc) is 2.41. The Morgan fingerprint density at radius 3 is 2.56 bits per heavy atom. The van der Waals surface area contributed by atoms with Gasteiger partial charge < -0.3 is 10.3 Å². The summed E-state index contributed by atoms with van der Waals surface area (Å²) < 4.78 is 2.04. The Balaban J connectivity index is 2.83. The topological polar surface area (TPSA) is 43.8 Å². The minimum atomic E-state index is -0.452. The molecule has 0 bridgehead atoms. The first-order chi connectivity index (χ1) is 7.30. The summed E-state index contributed by atoms with van der Waals surface area (Å²) in [5.74, 6) is 0.868. The molecule has 0 aliphatic heterocycles. The molecular formula is C12H16ClN3. The lowest BCUT2D eigenvalue weighted by molar-refractivity contribution is 0.498. The van der Waals surface area contributed by atoms with Crippen LogP contribution in [0.15, 0.2) is 12.1 Å². The Hall–Kier alpha value is -1.06. The molecule has 3 nitrogen and oxygen atoms in total. The summed E-state index contributed by atoms with van der Waals surface area (Å²) in [5, 5.41) is 0.712. The highest BCUT2D eigenvalue weighted by molar-refractivity contribution is 6.31. The number of nitrogens with zero attached hydrogens (tertiary/aromatic N) is 2. The highest BCUT2D eigenvalue weighted by Gasteiger charge is 2.22. The van der Waals surface area contributed by atoms with Gasteiger partial charge in [-0.25, -0.2) is 4.98 Å². The van der Waals surface area contributed by atoms with E-state index in [1.165, 1.54) is 0 Å². The predicted octanol–water partition coefficient (Wildman–Crippen LogP) is 2.73. The van der Waals surface area contributed by atoms with Gasteiger partial charge in [-0.1, -0.05) is 11.6 Å². The molecule has 0 fully saturated rings. The third-order valence-corrected chi connectivity index (χ3v) is 2.92. The molecule has 1 aromatic carbocycles. The second kappa shape index (κ2) is 3.47. The first kappa shape index (κ1) is 11.4. The second-order valence-electron chi connectivity index (χ2n) is 4.81. The maximum atomic E-state index is 6.09. The summed E-state index contributed by atoms with van der Waals surface area (Å²) in [6, 6.07) is 3.82. The summed E-state index contributed by atoms with van der Waals surface area (Å²) in [6.07, 6.45) is 0. The van der Waals surface area contributed by atoms with Crippen molar-refractivity contribution in [2.75, 3.05) is 0 Å². The van der Waals surface area contributed by atoms with Gasteiger partial charge in [-0.05, 0) is 38.5 Å². The molecule has 0 saturated heterocycles. The van der Waals surface area contributed by atoms with Crippen molar-refractivity contribution in [2.45, 2.75) is 26.3 Å². The van der Waals surface area contributed by atoms with Crippen LogP contribution in [0.3, 0.4) is 0 Å². The van der Waals surface area contributed by atoms with Crippen LogP contribution >= 0.6 is 11.6 Å². The zero-order valence-corrected chi connectivity index (χ0v) is 10.8. The highest BCUT2D eigenvalue weighted by atomic mass is 35.5. The normalized spacial score (nSPS) is 12.4. The molecule has 0 aliphatic carbocycles. The number of hydrogen-bond donors (Lipinski definition) is 1. The van der Waals surface area contributed by atoms with E-state index in [1.807, 2.05) is 44.5 Å². The van der Waals surface area contributed by atoms with E-state index in [0.717, 1.165) is 22.4 Å². The van der Waals surface area contributed by atoms with E-state index < -0.39 is 5.54 Å². The van der Waals surface area contributed by atoms with E-state index in [4.69, 9.17) is 17.3 Å². The van der Waals surface area contributed by atoms with Gasteiger partial charge in [0.15, 0.2) is 0 Å². The number of nitrogens with two attached hydrogens (primary N) is 1. The number of aryl methyl sites for hydroxylation is 2. The van der Waals surface area contributed by atoms with Crippen LogP contribution in [0.5, 0.6) is 0 Å². The van der Waals surface area contributed by atoms with Crippen molar-refractivity contribution in [3.8, 4) is 0 Å². The molecule has 16 heavy (non-hydrogen) atoms. The minimum Gasteiger partial charge on any atom is -0.329 e. The molecule has 86 valence electrons. The van der Waals surface area contributed by atoms with Crippen molar-refractivity contribution in [3.05, 3.63) is 28.5 Å². The molecule has 1 heterocycles. The van der Waals surface area contributed by atoms with Crippen LogP contribution in [0, 0.1) is 6.92 Å². The van der Waals surface area contributed by atoms with Gasteiger partial charge in [-0.15, -0.1) is 0 Å². The maximum absolute atomic E-state index is 6.09. The Bertz CT molecular complexity index is 549. The lowest BCUT2D eigenvalue weighted by Gasteiger charge is -2.17. The molecular weight excluding hydrogens is 222 g/mol. The van der Waals surface area contributed by atoms with Crippen molar-refractivity contribution in [2.24, 2.45) is 12.8 Å². The fourth-order valence-electron chi connectivity index (χ4n) is 2.11. The molecule has 2 N–H and O–H groups in total. The van der Waals surface area contributed by atoms with E-state index in [0.29, 0.717) is 5.02 Å². The minimum absolute atomic E-state index is 0.452. The Kier molecular flexibility index (Phi) is 2.48. The number of aromatic nitrogens is 2. The summed E-state index contributed by atoms with van der Waals surface area (Å²) in [4.78, 5) is 4.56. The standard InChI is InChI=1S/C12H16ClN3/c1-7-5-8(13)6-9-10(7)16(4)11(15-9)12(2,3)14/h5-6H,14H2,1-4H3. The zero-order valence-electron chi connectivity index (χ0n) is 10.0. The third kappa shape index (κ3) is 1.70. The molecule has 0 radical (unpaired) electrons. The second-order valence-corrected chi connectivity index (χ2v) is 5.24. The van der Waals surface area contributed by atoms with Crippen LogP contribution in [0.1, 0.15) is 25.2 Å². The van der Waals surface area contributed by atoms with Gasteiger partial charge in [-0.2, -0.15) is 0 Å². The summed E-state index contributed by atoms with van der Waals surface area (Å²) in [6.45, 7) is 5.93. The van der Waals surface area contributed by atoms with Gasteiger partial charge in [0.25, 0.3) is 0 Å². The van der Waals surface area contributed by atoms with Gasteiger partial charge >= 0.3 is 0 Å². The van der Waals surface area contributed by atoms with Crippen LogP contribution in [-0.2, 0) is 12.6 Å². The molecule has 2 aromatic rings. The van der Waals surface area contributed by atoms with Crippen molar-refractivity contribution in [3.63, 3.8) is 0 Å². The van der Waals surface area contributed by atoms with Crippen molar-refractivity contribution in [1.29, 1.82) is 0 Å². The van der Waals surface area contributed by atoms with Gasteiger partial charge in [0.05, 0.1) is 16.6 Å². The first-order valence-electron chi connectivity index (χ1n) is 5.22. The monoisotopic (exact) mass is 237 g/mol. The van der Waals surface area contributed by atoms with Crippen LogP contribution in [0.4, 0.5) is 0 Å². The number of rotatable bonds is 1. The van der Waals surface area contributed by atoms with E-state index in [1.54, 1.807) is 0 Å². The lowest BCUT2D eigenvalue weighted by Crippen LogP contribution is -2.32. The Morgan fingerprint density at radius 1 is 1.38 bits per heavy atom. The first-order valence-corrected chi connectivity index (χ1v) is 5.60. The maximum Gasteiger partial charge on any atom is 0.129 e. The Labute approximate surface area is 100 Å². The SMILES string of the molecule is Cc1cc(Cl)cc2nc(C(C)(C)N)n(C)c12. The largest absolute Gasteiger partial charge is 0.329 e. The molecule has 2 rings (SSSR count). The van der Waals surface area contributed by atoms with Crippen LogP contribution < -0.4 is 5.73 Å². The molecule has 1 aromatic heterocycles. The molecule has 0 atom stereocenters. The zero-order chi connectivity index (χ0) is 12.1.